The zero-order valence-corrected chi connectivity index (χ0v) is 13.6. The Labute approximate surface area is 136 Å². The molecule has 0 saturated carbocycles. The highest BCUT2D eigenvalue weighted by molar-refractivity contribution is 5.85. The van der Waals surface area contributed by atoms with Gasteiger partial charge in [0.25, 0.3) is 5.91 Å². The SMILES string of the molecule is COc1ccc(OCC(=O)NCC(=O)N2CCN(C)CC2)cc1. The molecule has 23 heavy (non-hydrogen) atoms. The predicted octanol–water partition coefficient (Wildman–Crippen LogP) is -0.0358. The molecule has 1 fully saturated rings. The van der Waals surface area contributed by atoms with Crippen molar-refractivity contribution >= 4 is 11.8 Å². The summed E-state index contributed by atoms with van der Waals surface area (Å²) in [6.07, 6.45) is 0. The summed E-state index contributed by atoms with van der Waals surface area (Å²) in [5, 5.41) is 2.59. The maximum Gasteiger partial charge on any atom is 0.258 e. The van der Waals surface area contributed by atoms with Crippen LogP contribution in [0.1, 0.15) is 0 Å². The Hall–Kier alpha value is -2.28. The van der Waals surface area contributed by atoms with Gasteiger partial charge in [-0.3, -0.25) is 9.59 Å². The Bertz CT molecular complexity index is 525. The van der Waals surface area contributed by atoms with Crippen LogP contribution in [0.5, 0.6) is 11.5 Å². The third-order valence-corrected chi connectivity index (χ3v) is 3.72. The van der Waals surface area contributed by atoms with Crippen LogP contribution in [-0.4, -0.2) is 75.1 Å². The van der Waals surface area contributed by atoms with Crippen LogP contribution in [0.15, 0.2) is 24.3 Å². The molecule has 2 amide bonds. The molecule has 1 aromatic rings. The molecular weight excluding hydrogens is 298 g/mol. The van der Waals surface area contributed by atoms with Gasteiger partial charge >= 0.3 is 0 Å². The summed E-state index contributed by atoms with van der Waals surface area (Å²) < 4.78 is 10.4. The minimum absolute atomic E-state index is 0.00845. The number of methoxy groups -OCH3 is 1. The van der Waals surface area contributed by atoms with Crippen molar-refractivity contribution < 1.29 is 19.1 Å². The number of carbonyl (C=O) groups excluding carboxylic acids is 2. The summed E-state index contributed by atoms with van der Waals surface area (Å²) >= 11 is 0. The van der Waals surface area contributed by atoms with Crippen LogP contribution in [0.4, 0.5) is 0 Å². The minimum Gasteiger partial charge on any atom is -0.497 e. The van der Waals surface area contributed by atoms with E-state index in [0.717, 1.165) is 18.8 Å². The van der Waals surface area contributed by atoms with Crippen molar-refractivity contribution in [2.45, 2.75) is 0 Å². The van der Waals surface area contributed by atoms with E-state index in [9.17, 15) is 9.59 Å². The average molecular weight is 321 g/mol. The fourth-order valence-corrected chi connectivity index (χ4v) is 2.21. The van der Waals surface area contributed by atoms with Crippen LogP contribution in [0, 0.1) is 0 Å². The van der Waals surface area contributed by atoms with Crippen molar-refractivity contribution in [1.82, 2.24) is 15.1 Å². The first kappa shape index (κ1) is 17.1. The van der Waals surface area contributed by atoms with Crippen molar-refractivity contribution in [3.63, 3.8) is 0 Å². The monoisotopic (exact) mass is 321 g/mol. The molecule has 1 N–H and O–H groups in total. The number of carbonyl (C=O) groups is 2. The fourth-order valence-electron chi connectivity index (χ4n) is 2.21. The number of ether oxygens (including phenoxy) is 2. The summed E-state index contributed by atoms with van der Waals surface area (Å²) in [6, 6.07) is 6.96. The number of piperazine rings is 1. The van der Waals surface area contributed by atoms with Gasteiger partial charge in [-0.25, -0.2) is 0 Å². The van der Waals surface area contributed by atoms with Gasteiger partial charge in [0.2, 0.25) is 5.91 Å². The quantitative estimate of drug-likeness (QED) is 0.796. The molecule has 0 radical (unpaired) electrons. The Morgan fingerprint density at radius 3 is 2.30 bits per heavy atom. The lowest BCUT2D eigenvalue weighted by Gasteiger charge is -2.32. The minimum atomic E-state index is -0.316. The van der Waals surface area contributed by atoms with Gasteiger partial charge in [0, 0.05) is 26.2 Å². The molecule has 0 spiro atoms. The Morgan fingerprint density at radius 2 is 1.70 bits per heavy atom. The lowest BCUT2D eigenvalue weighted by molar-refractivity contribution is -0.134. The number of likely N-dealkylation sites (N-methyl/N-ethyl adjacent to an activating group) is 1. The van der Waals surface area contributed by atoms with E-state index in [1.54, 1.807) is 36.3 Å². The van der Waals surface area contributed by atoms with Crippen LogP contribution in [0.2, 0.25) is 0 Å². The summed E-state index contributed by atoms with van der Waals surface area (Å²) in [4.78, 5) is 27.7. The van der Waals surface area contributed by atoms with E-state index in [1.165, 1.54) is 0 Å². The molecular formula is C16H23N3O4. The van der Waals surface area contributed by atoms with Gasteiger partial charge in [0.05, 0.1) is 13.7 Å². The van der Waals surface area contributed by atoms with E-state index in [-0.39, 0.29) is 25.0 Å². The van der Waals surface area contributed by atoms with Gasteiger partial charge in [0.15, 0.2) is 6.61 Å². The average Bonchev–Trinajstić information content (AvgIpc) is 2.59. The number of benzene rings is 1. The van der Waals surface area contributed by atoms with Crippen LogP contribution >= 0.6 is 0 Å². The molecule has 7 nitrogen and oxygen atoms in total. The highest BCUT2D eigenvalue weighted by Gasteiger charge is 2.19. The standard InChI is InChI=1S/C16H23N3O4/c1-18-7-9-19(10-8-18)16(21)11-17-15(20)12-23-14-5-3-13(22-2)4-6-14/h3-6H,7-12H2,1-2H3,(H,17,20). The van der Waals surface area contributed by atoms with E-state index in [0.29, 0.717) is 18.8 Å². The second-order valence-electron chi connectivity index (χ2n) is 5.42. The van der Waals surface area contributed by atoms with Gasteiger partial charge in [-0.1, -0.05) is 0 Å². The number of hydrogen-bond acceptors (Lipinski definition) is 5. The number of nitrogens with one attached hydrogen (secondary N) is 1. The molecule has 0 unspecified atom stereocenters. The summed E-state index contributed by atoms with van der Waals surface area (Å²) in [5.74, 6) is 0.921. The number of rotatable bonds is 6. The van der Waals surface area contributed by atoms with Crippen LogP contribution in [0.25, 0.3) is 0 Å². The molecule has 7 heteroatoms. The highest BCUT2D eigenvalue weighted by Crippen LogP contribution is 2.16. The van der Waals surface area contributed by atoms with Gasteiger partial charge in [-0.15, -0.1) is 0 Å². The van der Waals surface area contributed by atoms with Gasteiger partial charge < -0.3 is 24.6 Å². The molecule has 2 rings (SSSR count). The third-order valence-electron chi connectivity index (χ3n) is 3.72. The summed E-state index contributed by atoms with van der Waals surface area (Å²) in [5.41, 5.74) is 0. The smallest absolute Gasteiger partial charge is 0.258 e. The number of hydrogen-bond donors (Lipinski definition) is 1. The first-order valence-electron chi connectivity index (χ1n) is 7.58. The topological polar surface area (TPSA) is 71.1 Å². The molecule has 126 valence electrons. The van der Waals surface area contributed by atoms with E-state index >= 15 is 0 Å². The number of amides is 2. The molecule has 1 aromatic carbocycles. The summed E-state index contributed by atoms with van der Waals surface area (Å²) in [7, 11) is 3.61. The van der Waals surface area contributed by atoms with Crippen LogP contribution in [0.3, 0.4) is 0 Å². The van der Waals surface area contributed by atoms with E-state index < -0.39 is 0 Å². The lowest BCUT2D eigenvalue weighted by atomic mass is 10.3. The maximum atomic E-state index is 12.0. The molecule has 1 aliphatic heterocycles. The third kappa shape index (κ3) is 5.45. The van der Waals surface area contributed by atoms with Crippen LogP contribution < -0.4 is 14.8 Å². The first-order chi connectivity index (χ1) is 11.1. The van der Waals surface area contributed by atoms with Crippen LogP contribution in [-0.2, 0) is 9.59 Å². The largest absolute Gasteiger partial charge is 0.497 e. The highest BCUT2D eigenvalue weighted by atomic mass is 16.5. The zero-order valence-electron chi connectivity index (χ0n) is 13.6. The van der Waals surface area contributed by atoms with Crippen molar-refractivity contribution in [1.29, 1.82) is 0 Å². The lowest BCUT2D eigenvalue weighted by Crippen LogP contribution is -2.50. The molecule has 0 atom stereocenters. The normalized spacial score (nSPS) is 15.1. The predicted molar refractivity (Wildman–Crippen MR) is 85.6 cm³/mol. The van der Waals surface area contributed by atoms with Crippen molar-refractivity contribution in [3.8, 4) is 11.5 Å². The first-order valence-corrected chi connectivity index (χ1v) is 7.58. The summed E-state index contributed by atoms with van der Waals surface area (Å²) in [6.45, 7) is 3.01. The van der Waals surface area contributed by atoms with Crippen molar-refractivity contribution in [2.24, 2.45) is 0 Å². The molecule has 0 aliphatic carbocycles. The molecule has 1 aliphatic rings. The molecule has 1 heterocycles. The van der Waals surface area contributed by atoms with Gasteiger partial charge in [-0.2, -0.15) is 0 Å². The Kier molecular flexibility index (Phi) is 6.22. The maximum absolute atomic E-state index is 12.0. The van der Waals surface area contributed by atoms with Gasteiger partial charge in [0.1, 0.15) is 11.5 Å². The Balaban J connectivity index is 1.67. The Morgan fingerprint density at radius 1 is 1.09 bits per heavy atom. The van der Waals surface area contributed by atoms with E-state index in [1.807, 2.05) is 7.05 Å². The van der Waals surface area contributed by atoms with E-state index in [4.69, 9.17) is 9.47 Å². The fraction of sp³-hybridized carbons (Fsp3) is 0.500. The zero-order chi connectivity index (χ0) is 16.7. The molecule has 0 aromatic heterocycles. The van der Waals surface area contributed by atoms with Crippen molar-refractivity contribution in [3.05, 3.63) is 24.3 Å². The number of nitrogens with zero attached hydrogens (tertiary/aromatic N) is 2. The van der Waals surface area contributed by atoms with Gasteiger partial charge in [-0.05, 0) is 31.3 Å². The second-order valence-corrected chi connectivity index (χ2v) is 5.42. The van der Waals surface area contributed by atoms with Crippen molar-refractivity contribution in [2.75, 3.05) is 53.5 Å². The van der Waals surface area contributed by atoms with E-state index in [2.05, 4.69) is 10.2 Å². The molecule has 1 saturated heterocycles. The molecule has 0 bridgehead atoms. The second kappa shape index (κ2) is 8.38.